The van der Waals surface area contributed by atoms with Crippen molar-refractivity contribution in [1.82, 2.24) is 0 Å². The van der Waals surface area contributed by atoms with Crippen molar-refractivity contribution in [2.75, 3.05) is 4.72 Å². The van der Waals surface area contributed by atoms with Gasteiger partial charge in [0.25, 0.3) is 10.0 Å². The van der Waals surface area contributed by atoms with Gasteiger partial charge in [-0.2, -0.15) is 0 Å². The number of hydrogen-bond donors (Lipinski definition) is 1. The summed E-state index contributed by atoms with van der Waals surface area (Å²) in [6.07, 6.45) is 0. The number of hydrogen-bond acceptors (Lipinski definition) is 3. The smallest absolute Gasteiger partial charge is 0.262 e. The van der Waals surface area contributed by atoms with Crippen LogP contribution in [0.15, 0.2) is 83.8 Å². The molecule has 3 rings (SSSR count). The van der Waals surface area contributed by atoms with Crippen LogP contribution in [0.3, 0.4) is 0 Å². The maximum absolute atomic E-state index is 13.0. The molecule has 0 radical (unpaired) electrons. The quantitative estimate of drug-likeness (QED) is 0.746. The first-order valence-corrected chi connectivity index (χ1v) is 8.63. The maximum atomic E-state index is 13.0. The van der Waals surface area contributed by atoms with Crippen molar-refractivity contribution in [2.24, 2.45) is 0 Å². The minimum Gasteiger partial charge on any atom is -0.455 e. The van der Waals surface area contributed by atoms with Crippen molar-refractivity contribution in [3.8, 4) is 11.5 Å². The van der Waals surface area contributed by atoms with E-state index < -0.39 is 15.8 Å². The highest BCUT2D eigenvalue weighted by atomic mass is 32.2. The molecule has 24 heavy (non-hydrogen) atoms. The van der Waals surface area contributed by atoms with E-state index in [2.05, 4.69) is 4.72 Å². The molecule has 0 unspecified atom stereocenters. The zero-order valence-electron chi connectivity index (χ0n) is 12.5. The van der Waals surface area contributed by atoms with E-state index >= 15 is 0 Å². The molecule has 0 aliphatic rings. The van der Waals surface area contributed by atoms with Crippen molar-refractivity contribution in [3.63, 3.8) is 0 Å². The molecule has 0 aliphatic heterocycles. The fraction of sp³-hybridized carbons (Fsp3) is 0. The van der Waals surface area contributed by atoms with Gasteiger partial charge < -0.3 is 4.74 Å². The SMILES string of the molecule is O=S(=O)(Nc1ccccc1Oc1ccccc1)c1ccc(F)cc1. The van der Waals surface area contributed by atoms with Gasteiger partial charge in [0.15, 0.2) is 5.75 Å². The number of sulfonamides is 1. The van der Waals surface area contributed by atoms with Crippen molar-refractivity contribution in [1.29, 1.82) is 0 Å². The number of rotatable bonds is 5. The highest BCUT2D eigenvalue weighted by Crippen LogP contribution is 2.30. The van der Waals surface area contributed by atoms with Crippen LogP contribution >= 0.6 is 0 Å². The summed E-state index contributed by atoms with van der Waals surface area (Å²) in [6, 6.07) is 20.3. The van der Waals surface area contributed by atoms with Gasteiger partial charge in [0.2, 0.25) is 0 Å². The predicted molar refractivity (Wildman–Crippen MR) is 90.2 cm³/mol. The van der Waals surface area contributed by atoms with Crippen LogP contribution in [0.25, 0.3) is 0 Å². The first kappa shape index (κ1) is 16.0. The molecular weight excluding hydrogens is 329 g/mol. The zero-order valence-corrected chi connectivity index (χ0v) is 13.3. The van der Waals surface area contributed by atoms with E-state index in [9.17, 15) is 12.8 Å². The van der Waals surface area contributed by atoms with Gasteiger partial charge in [0.1, 0.15) is 11.6 Å². The molecule has 0 saturated heterocycles. The molecule has 0 fully saturated rings. The standard InChI is InChI=1S/C18H14FNO3S/c19-14-10-12-16(13-11-14)24(21,22)20-17-8-4-5-9-18(17)23-15-6-2-1-3-7-15/h1-13,20H. The zero-order chi connectivity index (χ0) is 17.0. The molecule has 3 aromatic rings. The molecule has 6 heteroatoms. The van der Waals surface area contributed by atoms with Crippen LogP contribution in [0, 0.1) is 5.82 Å². The van der Waals surface area contributed by atoms with E-state index in [1.807, 2.05) is 18.2 Å². The van der Waals surface area contributed by atoms with Gasteiger partial charge in [-0.1, -0.05) is 30.3 Å². The minimum atomic E-state index is -3.84. The van der Waals surface area contributed by atoms with Crippen molar-refractivity contribution >= 4 is 15.7 Å². The Balaban J connectivity index is 1.89. The molecule has 1 N–H and O–H groups in total. The fourth-order valence-electron chi connectivity index (χ4n) is 2.07. The maximum Gasteiger partial charge on any atom is 0.262 e. The van der Waals surface area contributed by atoms with Gasteiger partial charge in [-0.05, 0) is 48.5 Å². The van der Waals surface area contributed by atoms with E-state index in [-0.39, 0.29) is 4.90 Å². The Labute approximate surface area is 139 Å². The molecule has 122 valence electrons. The average Bonchev–Trinajstić information content (AvgIpc) is 2.58. The Hall–Kier alpha value is -2.86. The van der Waals surface area contributed by atoms with Crippen LogP contribution in [-0.4, -0.2) is 8.42 Å². The van der Waals surface area contributed by atoms with E-state index in [1.165, 1.54) is 12.1 Å². The number of benzene rings is 3. The van der Waals surface area contributed by atoms with Gasteiger partial charge in [-0.15, -0.1) is 0 Å². The van der Waals surface area contributed by atoms with Crippen LogP contribution < -0.4 is 9.46 Å². The van der Waals surface area contributed by atoms with Gasteiger partial charge in [-0.25, -0.2) is 12.8 Å². The molecule has 0 spiro atoms. The molecular formula is C18H14FNO3S. The van der Waals surface area contributed by atoms with Gasteiger partial charge >= 0.3 is 0 Å². The van der Waals surface area contributed by atoms with Crippen molar-refractivity contribution in [3.05, 3.63) is 84.7 Å². The second kappa shape index (κ2) is 6.72. The molecule has 3 aromatic carbocycles. The lowest BCUT2D eigenvalue weighted by molar-refractivity contribution is 0.485. The third-order valence-electron chi connectivity index (χ3n) is 3.23. The number of halogens is 1. The fourth-order valence-corrected chi connectivity index (χ4v) is 3.14. The summed E-state index contributed by atoms with van der Waals surface area (Å²) in [5.74, 6) is 0.460. The van der Waals surface area contributed by atoms with Crippen LogP contribution in [0.2, 0.25) is 0 Å². The third kappa shape index (κ3) is 3.72. The number of ether oxygens (including phenoxy) is 1. The molecule has 4 nitrogen and oxygen atoms in total. The van der Waals surface area contributed by atoms with Crippen LogP contribution in [0.5, 0.6) is 11.5 Å². The Kier molecular flexibility index (Phi) is 4.48. The summed E-state index contributed by atoms with van der Waals surface area (Å²) >= 11 is 0. The summed E-state index contributed by atoms with van der Waals surface area (Å²) in [6.45, 7) is 0. The van der Waals surface area contributed by atoms with Crippen LogP contribution in [0.4, 0.5) is 10.1 Å². The summed E-state index contributed by atoms with van der Waals surface area (Å²) in [7, 11) is -3.84. The highest BCUT2D eigenvalue weighted by Gasteiger charge is 2.16. The summed E-state index contributed by atoms with van der Waals surface area (Å²) < 4.78 is 46.0. The Bertz CT molecular complexity index is 926. The lowest BCUT2D eigenvalue weighted by atomic mass is 10.3. The lowest BCUT2D eigenvalue weighted by Crippen LogP contribution is -2.13. The first-order chi connectivity index (χ1) is 11.5. The monoisotopic (exact) mass is 343 g/mol. The second-order valence-electron chi connectivity index (χ2n) is 4.97. The molecule has 0 saturated carbocycles. The van der Waals surface area contributed by atoms with Gasteiger partial charge in [0, 0.05) is 0 Å². The first-order valence-electron chi connectivity index (χ1n) is 7.15. The van der Waals surface area contributed by atoms with Crippen LogP contribution in [-0.2, 0) is 10.0 Å². The third-order valence-corrected chi connectivity index (χ3v) is 4.61. The predicted octanol–water partition coefficient (Wildman–Crippen LogP) is 4.42. The lowest BCUT2D eigenvalue weighted by Gasteiger charge is -2.13. The van der Waals surface area contributed by atoms with Gasteiger partial charge in [-0.3, -0.25) is 4.72 Å². The van der Waals surface area contributed by atoms with Crippen molar-refractivity contribution in [2.45, 2.75) is 4.90 Å². The topological polar surface area (TPSA) is 55.4 Å². The summed E-state index contributed by atoms with van der Waals surface area (Å²) in [5.41, 5.74) is 0.297. The van der Waals surface area contributed by atoms with E-state index in [1.54, 1.807) is 36.4 Å². The normalized spacial score (nSPS) is 11.0. The molecule has 0 aromatic heterocycles. The second-order valence-corrected chi connectivity index (χ2v) is 6.65. The highest BCUT2D eigenvalue weighted by molar-refractivity contribution is 7.92. The van der Waals surface area contributed by atoms with E-state index in [0.29, 0.717) is 17.2 Å². The molecule has 0 heterocycles. The molecule has 0 bridgehead atoms. The number of nitrogens with one attached hydrogen (secondary N) is 1. The number of anilines is 1. The number of para-hydroxylation sites is 3. The van der Waals surface area contributed by atoms with E-state index in [0.717, 1.165) is 12.1 Å². The van der Waals surface area contributed by atoms with Crippen molar-refractivity contribution < 1.29 is 17.5 Å². The van der Waals surface area contributed by atoms with Gasteiger partial charge in [0.05, 0.1) is 10.6 Å². The Morgan fingerprint density at radius 3 is 2.12 bits per heavy atom. The minimum absolute atomic E-state index is 0.0292. The van der Waals surface area contributed by atoms with E-state index in [4.69, 9.17) is 4.74 Å². The Morgan fingerprint density at radius 1 is 0.792 bits per heavy atom. The molecule has 0 atom stereocenters. The van der Waals surface area contributed by atoms with Crippen LogP contribution in [0.1, 0.15) is 0 Å². The summed E-state index contributed by atoms with van der Waals surface area (Å²) in [4.78, 5) is -0.0292. The molecule has 0 amide bonds. The largest absolute Gasteiger partial charge is 0.455 e. The Morgan fingerprint density at radius 2 is 1.42 bits per heavy atom. The summed E-state index contributed by atoms with van der Waals surface area (Å²) in [5, 5.41) is 0. The molecule has 0 aliphatic carbocycles. The average molecular weight is 343 g/mol.